The number of carbonyl (C=O) groups is 1. The minimum absolute atomic E-state index is 0.00593. The summed E-state index contributed by atoms with van der Waals surface area (Å²) in [6.07, 6.45) is 8.06. The number of hydrogen-bond donors (Lipinski definition) is 0. The first-order valence-corrected chi connectivity index (χ1v) is 16.9. The second-order valence-electron chi connectivity index (χ2n) is 11.1. The Morgan fingerprint density at radius 1 is 0.435 bits per heavy atom. The maximum Gasteiger partial charge on any atom is 0.187 e. The average Bonchev–Trinajstić information content (AvgIpc) is 3.13. The van der Waals surface area contributed by atoms with E-state index in [0.717, 1.165) is 66.3 Å². The van der Waals surface area contributed by atoms with Crippen LogP contribution >= 0.6 is 6.89 Å². The van der Waals surface area contributed by atoms with E-state index in [1.807, 2.05) is 60.7 Å². The number of carbonyl (C=O) groups excluding carboxylic acids is 1. The summed E-state index contributed by atoms with van der Waals surface area (Å²) in [5.41, 5.74) is 5.74. The molecule has 5 aromatic carbocycles. The summed E-state index contributed by atoms with van der Waals surface area (Å²) in [5, 5.41) is 4.49. The maximum absolute atomic E-state index is 14.2. The molecular formula is C41H33O4P. The Morgan fingerprint density at radius 2 is 0.826 bits per heavy atom. The van der Waals surface area contributed by atoms with Gasteiger partial charge in [0.1, 0.15) is 17.2 Å². The molecule has 0 bridgehead atoms. The van der Waals surface area contributed by atoms with Crippen molar-refractivity contribution < 1.29 is 19.0 Å². The van der Waals surface area contributed by atoms with Gasteiger partial charge in [-0.15, -0.1) is 0 Å². The van der Waals surface area contributed by atoms with E-state index in [1.54, 1.807) is 27.4 Å². The van der Waals surface area contributed by atoms with Gasteiger partial charge in [0.2, 0.25) is 0 Å². The average molecular weight is 621 g/mol. The molecule has 0 saturated carbocycles. The van der Waals surface area contributed by atoms with Crippen LogP contribution in [0.5, 0.6) is 17.2 Å². The lowest BCUT2D eigenvalue weighted by molar-refractivity contribution is -0.109. The first-order valence-electron chi connectivity index (χ1n) is 15.1. The Morgan fingerprint density at radius 3 is 1.26 bits per heavy atom. The van der Waals surface area contributed by atoms with E-state index >= 15 is 0 Å². The van der Waals surface area contributed by atoms with Crippen molar-refractivity contribution in [2.24, 2.45) is 0 Å². The molecule has 0 aromatic heterocycles. The monoisotopic (exact) mass is 620 g/mol. The van der Waals surface area contributed by atoms with E-state index in [4.69, 9.17) is 14.2 Å². The van der Waals surface area contributed by atoms with Gasteiger partial charge in [-0.05, 0) is 92.8 Å². The van der Waals surface area contributed by atoms with Gasteiger partial charge in [-0.1, -0.05) is 103 Å². The van der Waals surface area contributed by atoms with Gasteiger partial charge in [0.25, 0.3) is 0 Å². The molecule has 2 aliphatic carbocycles. The van der Waals surface area contributed by atoms with Gasteiger partial charge in [-0.3, -0.25) is 4.79 Å². The summed E-state index contributed by atoms with van der Waals surface area (Å²) in [6, 6.07) is 41.7. The Kier molecular flexibility index (Phi) is 7.82. The molecule has 0 N–H and O–H groups in total. The fourth-order valence-corrected chi connectivity index (χ4v) is 11.0. The molecule has 0 unspecified atom stereocenters. The van der Waals surface area contributed by atoms with Gasteiger partial charge < -0.3 is 14.2 Å². The van der Waals surface area contributed by atoms with E-state index in [9.17, 15) is 4.79 Å². The summed E-state index contributed by atoms with van der Waals surface area (Å²) in [5.74, 6) is 2.33. The molecule has 5 aromatic rings. The predicted octanol–water partition coefficient (Wildman–Crippen LogP) is 7.41. The zero-order chi connectivity index (χ0) is 31.7. The fourth-order valence-electron chi connectivity index (χ4n) is 6.59. The molecule has 0 fully saturated rings. The molecular weight excluding hydrogens is 587 g/mol. The second kappa shape index (κ2) is 12.2. The minimum Gasteiger partial charge on any atom is -0.497 e. The summed E-state index contributed by atoms with van der Waals surface area (Å²) in [6.45, 7) is -2.71. The van der Waals surface area contributed by atoms with Crippen molar-refractivity contribution in [3.05, 3.63) is 156 Å². The molecule has 0 aliphatic heterocycles. The fraction of sp³-hybridized carbons (Fsp3) is 0.0732. The smallest absolute Gasteiger partial charge is 0.187 e. The quantitative estimate of drug-likeness (QED) is 0.147. The highest BCUT2D eigenvalue weighted by Crippen LogP contribution is 2.53. The van der Waals surface area contributed by atoms with Crippen LogP contribution in [0.1, 0.15) is 22.3 Å². The Labute approximate surface area is 269 Å². The van der Waals surface area contributed by atoms with Crippen molar-refractivity contribution in [3.8, 4) is 17.2 Å². The molecule has 226 valence electrons. The van der Waals surface area contributed by atoms with E-state index < -0.39 is 6.89 Å². The van der Waals surface area contributed by atoms with Gasteiger partial charge in [0, 0.05) is 11.1 Å². The molecule has 0 atom stereocenters. The number of rotatable bonds is 6. The molecule has 4 nitrogen and oxygen atoms in total. The number of methoxy groups -OCH3 is 3. The number of ketones is 1. The molecule has 0 spiro atoms. The summed E-state index contributed by atoms with van der Waals surface area (Å²) < 4.78 is 16.8. The Balaban J connectivity index is 1.74. The van der Waals surface area contributed by atoms with Gasteiger partial charge in [-0.25, -0.2) is 0 Å². The molecule has 0 heterocycles. The summed E-state index contributed by atoms with van der Waals surface area (Å²) in [7, 11) is 5.05. The lowest BCUT2D eigenvalue weighted by atomic mass is 9.81. The SMILES string of the molecule is COc1ccc(P(=C2C=Cc3ccccc3C2=C2C(=O)C=Cc3ccccc32)(c2ccc(OC)cc2)c2ccc(OC)cc2)cc1. The number of ether oxygens (including phenoxy) is 3. The van der Waals surface area contributed by atoms with Crippen molar-refractivity contribution in [1.29, 1.82) is 0 Å². The Hall–Kier alpha value is -5.31. The van der Waals surface area contributed by atoms with Crippen molar-refractivity contribution >= 4 is 57.2 Å². The zero-order valence-electron chi connectivity index (χ0n) is 25.9. The van der Waals surface area contributed by atoms with Crippen LogP contribution in [-0.4, -0.2) is 32.4 Å². The summed E-state index contributed by atoms with van der Waals surface area (Å²) in [4.78, 5) is 14.2. The molecule has 46 heavy (non-hydrogen) atoms. The largest absolute Gasteiger partial charge is 0.497 e. The maximum atomic E-state index is 14.2. The van der Waals surface area contributed by atoms with Gasteiger partial charge in [0.05, 0.1) is 21.3 Å². The molecule has 0 amide bonds. The molecule has 2 aliphatic rings. The van der Waals surface area contributed by atoms with Crippen LogP contribution in [0.3, 0.4) is 0 Å². The van der Waals surface area contributed by atoms with Crippen molar-refractivity contribution in [2.45, 2.75) is 0 Å². The third-order valence-electron chi connectivity index (χ3n) is 8.79. The van der Waals surface area contributed by atoms with Crippen LogP contribution in [0, 0.1) is 0 Å². The summed E-state index contributed by atoms with van der Waals surface area (Å²) >= 11 is 0. The van der Waals surface area contributed by atoms with Crippen LogP contribution in [0.4, 0.5) is 0 Å². The van der Waals surface area contributed by atoms with Crippen molar-refractivity contribution in [2.75, 3.05) is 21.3 Å². The van der Waals surface area contributed by atoms with Crippen LogP contribution < -0.4 is 30.1 Å². The van der Waals surface area contributed by atoms with Crippen LogP contribution in [0.25, 0.3) is 23.3 Å². The standard InChI is InChI=1S/C41H33O4P/c1-43-30-14-20-33(21-15-30)46(34-22-16-31(44-2)17-23-34,35-24-18-32(45-3)19-25-35)39-27-13-29-9-5-7-11-37(29)41(39)40-36-10-6-4-8-28(36)12-26-38(40)42/h4-27H,1-3H3. The van der Waals surface area contributed by atoms with Gasteiger partial charge >= 0.3 is 0 Å². The van der Waals surface area contributed by atoms with Crippen LogP contribution in [0.15, 0.2) is 133 Å². The predicted molar refractivity (Wildman–Crippen MR) is 193 cm³/mol. The van der Waals surface area contributed by atoms with Crippen molar-refractivity contribution in [3.63, 3.8) is 0 Å². The minimum atomic E-state index is -2.71. The first-order chi connectivity index (χ1) is 22.6. The number of hydrogen-bond acceptors (Lipinski definition) is 4. The third kappa shape index (κ3) is 4.83. The lowest BCUT2D eigenvalue weighted by Gasteiger charge is -2.36. The molecule has 0 radical (unpaired) electrons. The zero-order valence-corrected chi connectivity index (χ0v) is 26.8. The highest BCUT2D eigenvalue weighted by Gasteiger charge is 2.35. The number of allylic oxidation sites excluding steroid dienone is 4. The highest BCUT2D eigenvalue weighted by molar-refractivity contribution is 7.96. The van der Waals surface area contributed by atoms with E-state index in [-0.39, 0.29) is 5.78 Å². The van der Waals surface area contributed by atoms with Gasteiger partial charge in [-0.2, -0.15) is 0 Å². The van der Waals surface area contributed by atoms with E-state index in [1.165, 1.54) is 0 Å². The normalized spacial score (nSPS) is 15.3. The number of fused-ring (bicyclic) bond motifs is 2. The van der Waals surface area contributed by atoms with E-state index in [2.05, 4.69) is 78.9 Å². The third-order valence-corrected chi connectivity index (χ3v) is 13.1. The first kappa shape index (κ1) is 29.4. The second-order valence-corrected chi connectivity index (χ2v) is 14.5. The Bertz CT molecular complexity index is 1980. The molecule has 0 saturated heterocycles. The number of benzene rings is 5. The van der Waals surface area contributed by atoms with E-state index in [0.29, 0.717) is 5.57 Å². The molecule has 7 rings (SSSR count). The highest BCUT2D eigenvalue weighted by atomic mass is 31.2. The van der Waals surface area contributed by atoms with Crippen LogP contribution in [-0.2, 0) is 4.79 Å². The van der Waals surface area contributed by atoms with Crippen molar-refractivity contribution in [1.82, 2.24) is 0 Å². The lowest BCUT2D eigenvalue weighted by Crippen LogP contribution is -2.31. The van der Waals surface area contributed by atoms with Crippen LogP contribution in [0.2, 0.25) is 0 Å². The topological polar surface area (TPSA) is 44.8 Å². The molecule has 5 heteroatoms. The van der Waals surface area contributed by atoms with Gasteiger partial charge in [0.15, 0.2) is 5.78 Å².